The van der Waals surface area contributed by atoms with Gasteiger partial charge in [-0.25, -0.2) is 9.36 Å². The van der Waals surface area contributed by atoms with Gasteiger partial charge in [0.15, 0.2) is 5.13 Å². The van der Waals surface area contributed by atoms with Gasteiger partial charge in [0.1, 0.15) is 35.8 Å². The first-order valence-corrected chi connectivity index (χ1v) is 14.6. The van der Waals surface area contributed by atoms with Crippen LogP contribution in [0.15, 0.2) is 41.1 Å². The summed E-state index contributed by atoms with van der Waals surface area (Å²) in [5.41, 5.74) is 7.56. The lowest BCUT2D eigenvalue weighted by atomic mass is 10.0. The molecule has 17 heteroatoms. The molecule has 5 rings (SSSR count). The summed E-state index contributed by atoms with van der Waals surface area (Å²) in [6.45, 7) is 3.81. The molecular weight excluding hydrogens is 572 g/mol. The molecule has 2 atom stereocenters. The van der Waals surface area contributed by atoms with Crippen molar-refractivity contribution < 1.29 is 28.9 Å². The number of nitrogen functional groups attached to an aromatic ring is 1. The number of carboxylic acid groups (broad SMARTS) is 1. The molecule has 1 saturated heterocycles. The van der Waals surface area contributed by atoms with Crippen LogP contribution in [0.2, 0.25) is 0 Å². The molecular formula is C24H29N10O5S2+. The molecule has 0 saturated carbocycles. The van der Waals surface area contributed by atoms with Crippen LogP contribution in [0.1, 0.15) is 19.2 Å². The molecule has 0 radical (unpaired) electrons. The van der Waals surface area contributed by atoms with Crippen LogP contribution in [-0.2, 0) is 32.3 Å². The Hall–Kier alpha value is -4.09. The number of hydrogen-bond donors (Lipinski definition) is 4. The van der Waals surface area contributed by atoms with Crippen molar-refractivity contribution in [2.75, 3.05) is 31.7 Å². The highest BCUT2D eigenvalue weighted by atomic mass is 32.2. The molecule has 1 fully saturated rings. The summed E-state index contributed by atoms with van der Waals surface area (Å²) in [6, 6.07) is 2.90. The van der Waals surface area contributed by atoms with Gasteiger partial charge in [0.05, 0.1) is 6.20 Å². The first kappa shape index (κ1) is 28.4. The fourth-order valence-electron chi connectivity index (χ4n) is 4.68. The lowest BCUT2D eigenvalue weighted by Crippen LogP contribution is -2.71. The number of β-lactam (4-membered cyclic amide) rings is 1. The van der Waals surface area contributed by atoms with Crippen molar-refractivity contribution in [1.82, 2.24) is 34.4 Å². The number of thioether (sulfide) groups is 1. The number of nitrogens with one attached hydrogen (secondary N) is 2. The third kappa shape index (κ3) is 5.59. The van der Waals surface area contributed by atoms with Gasteiger partial charge in [-0.3, -0.25) is 14.5 Å². The van der Waals surface area contributed by atoms with E-state index in [1.807, 2.05) is 29.9 Å². The quantitative estimate of drug-likeness (QED) is 0.0690. The Bertz CT molecular complexity index is 1550. The summed E-state index contributed by atoms with van der Waals surface area (Å²) >= 11 is 2.26. The van der Waals surface area contributed by atoms with E-state index < -0.39 is 29.2 Å². The number of hydrogen-bond acceptors (Lipinski definition) is 12. The summed E-state index contributed by atoms with van der Waals surface area (Å²) < 4.78 is 7.95. The normalized spacial score (nSPS) is 18.8. The summed E-state index contributed by atoms with van der Waals surface area (Å²) in [7, 11) is 1.91. The van der Waals surface area contributed by atoms with Crippen LogP contribution >= 0.6 is 23.3 Å². The predicted molar refractivity (Wildman–Crippen MR) is 151 cm³/mol. The third-order valence-electron chi connectivity index (χ3n) is 6.53. The number of aliphatic carboxylic acids is 1. The van der Waals surface area contributed by atoms with Gasteiger partial charge >= 0.3 is 11.6 Å². The monoisotopic (exact) mass is 601 g/mol. The summed E-state index contributed by atoms with van der Waals surface area (Å²) in [4.78, 5) is 53.5. The number of fused-ring (bicyclic) bond motifs is 2. The number of rotatable bonds is 12. The van der Waals surface area contributed by atoms with E-state index in [9.17, 15) is 19.5 Å². The molecule has 2 aliphatic rings. The van der Waals surface area contributed by atoms with E-state index in [2.05, 4.69) is 34.7 Å². The van der Waals surface area contributed by atoms with Crippen LogP contribution in [0.4, 0.5) is 5.13 Å². The smallest absolute Gasteiger partial charge is 0.352 e. The number of oxime groups is 1. The molecule has 2 amide bonds. The number of aryl methyl sites for hydroxylation is 1. The molecule has 15 nitrogen and oxygen atoms in total. The number of nitrogens with zero attached hydrogens (tertiary/aromatic N) is 7. The van der Waals surface area contributed by atoms with Crippen molar-refractivity contribution in [3.05, 3.63) is 41.8 Å². The molecule has 5 N–H and O–H groups in total. The van der Waals surface area contributed by atoms with Gasteiger partial charge in [0, 0.05) is 29.4 Å². The van der Waals surface area contributed by atoms with E-state index in [1.165, 1.54) is 16.7 Å². The molecule has 0 spiro atoms. The van der Waals surface area contributed by atoms with Gasteiger partial charge in [-0.2, -0.15) is 9.36 Å². The standard InChI is InChI=1S/C24H28N10O5S2/c1-3-39-30-15(18-29-24(25)41-31-18)20(35)28-16-21(36)34-17(23(37)38)13(11-40-22(16)34)10-32-8-4-6-14-19(32)27-12-33(14)9-5-7-26-2/h4,6,8,12,16,22,26H,3,5,7,9-11H2,1-2H3,(H3-,25,28,29,31,35,37,38)/p+1/b30-15-/t16-,22?/m0/s1. The van der Waals surface area contributed by atoms with Crippen molar-refractivity contribution in [1.29, 1.82) is 0 Å². The Labute approximate surface area is 242 Å². The van der Waals surface area contributed by atoms with Crippen LogP contribution < -0.4 is 20.9 Å². The number of amides is 2. The fraction of sp³-hybridized carbons (Fsp3) is 0.417. The van der Waals surface area contributed by atoms with Crippen LogP contribution in [0, 0.1) is 0 Å². The minimum atomic E-state index is -1.21. The lowest BCUT2D eigenvalue weighted by molar-refractivity contribution is -0.664. The Morgan fingerprint density at radius 1 is 1.39 bits per heavy atom. The predicted octanol–water partition coefficient (Wildman–Crippen LogP) is -0.454. The van der Waals surface area contributed by atoms with E-state index in [1.54, 1.807) is 13.3 Å². The first-order chi connectivity index (χ1) is 19.8. The second-order valence-corrected chi connectivity index (χ2v) is 11.1. The molecule has 0 bridgehead atoms. The maximum atomic E-state index is 13.2. The number of carboxylic acids is 1. The average Bonchev–Trinajstić information content (AvgIpc) is 3.58. The van der Waals surface area contributed by atoms with E-state index in [0.29, 0.717) is 11.3 Å². The Balaban J connectivity index is 1.35. The highest BCUT2D eigenvalue weighted by molar-refractivity contribution is 8.00. The molecule has 1 unspecified atom stereocenters. The van der Waals surface area contributed by atoms with Crippen LogP contribution in [0.5, 0.6) is 0 Å². The molecule has 0 aromatic carbocycles. The molecule has 3 aromatic heterocycles. The first-order valence-electron chi connectivity index (χ1n) is 12.8. The number of carbonyl (C=O) groups is 3. The second-order valence-electron chi connectivity index (χ2n) is 9.17. The fourth-order valence-corrected chi connectivity index (χ4v) is 6.45. The van der Waals surface area contributed by atoms with E-state index >= 15 is 0 Å². The van der Waals surface area contributed by atoms with Crippen LogP contribution in [0.25, 0.3) is 11.2 Å². The molecule has 41 heavy (non-hydrogen) atoms. The SMILES string of the molecule is CCO/N=C(\C(=O)N[C@H]1C(=O)N2C(C(=O)O)=C(C[n+]3cccc4c3ncn4CCCNC)CSC12)c1nsc(N)n1. The lowest BCUT2D eigenvalue weighted by Gasteiger charge is -2.49. The van der Waals surface area contributed by atoms with Gasteiger partial charge in [-0.05, 0) is 44.1 Å². The number of nitrogens with two attached hydrogens (primary N) is 1. The van der Waals surface area contributed by atoms with Crippen LogP contribution in [0.3, 0.4) is 0 Å². The minimum Gasteiger partial charge on any atom is -0.477 e. The maximum absolute atomic E-state index is 13.2. The van der Waals surface area contributed by atoms with Gasteiger partial charge in [-0.1, -0.05) is 5.16 Å². The van der Waals surface area contributed by atoms with Crippen molar-refractivity contribution in [2.24, 2.45) is 5.16 Å². The second kappa shape index (κ2) is 12.2. The highest BCUT2D eigenvalue weighted by Gasteiger charge is 2.54. The van der Waals surface area contributed by atoms with Crippen LogP contribution in [-0.4, -0.2) is 89.8 Å². The van der Waals surface area contributed by atoms with Gasteiger partial charge in [-0.15, -0.1) is 11.8 Å². The molecule has 5 heterocycles. The van der Waals surface area contributed by atoms with Gasteiger partial charge in [0.2, 0.25) is 17.9 Å². The largest absolute Gasteiger partial charge is 0.477 e. The Kier molecular flexibility index (Phi) is 8.46. The van der Waals surface area contributed by atoms with E-state index in [0.717, 1.165) is 42.2 Å². The van der Waals surface area contributed by atoms with Gasteiger partial charge in [0.25, 0.3) is 11.8 Å². The van der Waals surface area contributed by atoms with Gasteiger partial charge < -0.3 is 30.9 Å². The number of imidazole rings is 1. The maximum Gasteiger partial charge on any atom is 0.352 e. The number of anilines is 1. The summed E-state index contributed by atoms with van der Waals surface area (Å²) in [6.07, 6.45) is 4.56. The van der Waals surface area contributed by atoms with Crippen molar-refractivity contribution in [3.8, 4) is 0 Å². The molecule has 3 aromatic rings. The number of aromatic nitrogens is 5. The average molecular weight is 602 g/mol. The Morgan fingerprint density at radius 3 is 2.93 bits per heavy atom. The summed E-state index contributed by atoms with van der Waals surface area (Å²) in [5.74, 6) is -2.16. The topological polar surface area (TPSA) is 194 Å². The van der Waals surface area contributed by atoms with E-state index in [-0.39, 0.29) is 35.5 Å². The molecule has 2 aliphatic heterocycles. The zero-order valence-corrected chi connectivity index (χ0v) is 23.9. The number of pyridine rings is 1. The third-order valence-corrected chi connectivity index (χ3v) is 8.41. The van der Waals surface area contributed by atoms with Crippen molar-refractivity contribution in [3.63, 3.8) is 0 Å². The summed E-state index contributed by atoms with van der Waals surface area (Å²) in [5, 5.41) is 19.2. The zero-order chi connectivity index (χ0) is 29.1. The molecule has 0 aliphatic carbocycles. The van der Waals surface area contributed by atoms with E-state index in [4.69, 9.17) is 10.6 Å². The zero-order valence-electron chi connectivity index (χ0n) is 22.3. The highest BCUT2D eigenvalue weighted by Crippen LogP contribution is 2.40. The Morgan fingerprint density at radius 2 is 2.22 bits per heavy atom. The number of carbonyl (C=O) groups excluding carboxylic acids is 2. The van der Waals surface area contributed by atoms with Crippen molar-refractivity contribution in [2.45, 2.75) is 37.8 Å². The van der Waals surface area contributed by atoms with Crippen molar-refractivity contribution >= 4 is 63.1 Å². The minimum absolute atomic E-state index is 0.0255. The molecule has 216 valence electrons.